The maximum Gasteiger partial charge on any atom is 0.0178 e. The molecule has 0 amide bonds. The molecule has 0 heterocycles. The van der Waals surface area contributed by atoms with Crippen LogP contribution in [-0.2, 0) is 0 Å². The molecule has 2 fully saturated rings. The molecule has 1 nitrogen and oxygen atoms in total. The minimum Gasteiger partial charge on any atom is -0.309 e. The van der Waals surface area contributed by atoms with Crippen LogP contribution in [0.2, 0.25) is 0 Å². The smallest absolute Gasteiger partial charge is 0.0178 e. The summed E-state index contributed by atoms with van der Waals surface area (Å²) in [5.74, 6) is 2.21. The van der Waals surface area contributed by atoms with E-state index in [9.17, 15) is 0 Å². The molecule has 2 heteroatoms. The van der Waals surface area contributed by atoms with Crippen molar-refractivity contribution in [3.63, 3.8) is 0 Å². The van der Waals surface area contributed by atoms with Gasteiger partial charge in [0.25, 0.3) is 0 Å². The van der Waals surface area contributed by atoms with Crippen molar-refractivity contribution in [1.29, 1.82) is 0 Å². The molecule has 0 spiro atoms. The van der Waals surface area contributed by atoms with Crippen molar-refractivity contribution in [2.75, 3.05) is 12.0 Å². The molecule has 2 aliphatic rings. The molecule has 0 radical (unpaired) electrons. The molecule has 2 aliphatic carbocycles. The summed E-state index contributed by atoms with van der Waals surface area (Å²) in [6.07, 6.45) is 7.83. The summed E-state index contributed by atoms with van der Waals surface area (Å²) in [6, 6.07) is 1.43. The van der Waals surface area contributed by atoms with Gasteiger partial charge in [0.2, 0.25) is 0 Å². The summed E-state index contributed by atoms with van der Waals surface area (Å²) in [7, 11) is 0. The molecule has 0 aliphatic heterocycles. The average molecular weight is 255 g/mol. The molecule has 2 rings (SSSR count). The molecule has 17 heavy (non-hydrogen) atoms. The van der Waals surface area contributed by atoms with Crippen LogP contribution in [0.4, 0.5) is 0 Å². The monoisotopic (exact) mass is 255 g/mol. The lowest BCUT2D eigenvalue weighted by molar-refractivity contribution is 0.100. The van der Waals surface area contributed by atoms with E-state index in [-0.39, 0.29) is 0 Å². The number of rotatable bonds is 5. The molecule has 0 aromatic rings. The number of hydrogen-bond acceptors (Lipinski definition) is 2. The Morgan fingerprint density at radius 2 is 2.06 bits per heavy atom. The highest BCUT2D eigenvalue weighted by molar-refractivity contribution is 7.98. The molecule has 100 valence electrons. The minimum absolute atomic E-state index is 0.499. The quantitative estimate of drug-likeness (QED) is 0.799. The summed E-state index contributed by atoms with van der Waals surface area (Å²) in [4.78, 5) is 0. The van der Waals surface area contributed by atoms with E-state index in [0.29, 0.717) is 16.9 Å². The van der Waals surface area contributed by atoms with Gasteiger partial charge in [-0.05, 0) is 48.7 Å². The maximum atomic E-state index is 4.01. The average Bonchev–Trinajstić information content (AvgIpc) is 2.74. The maximum absolute atomic E-state index is 4.01. The first-order chi connectivity index (χ1) is 7.94. The van der Waals surface area contributed by atoms with Gasteiger partial charge in [-0.25, -0.2) is 0 Å². The van der Waals surface area contributed by atoms with Crippen molar-refractivity contribution in [2.24, 2.45) is 16.7 Å². The molecule has 1 N–H and O–H groups in total. The predicted octanol–water partition coefficient (Wildman–Crippen LogP) is 3.93. The molecular formula is C15H29NS. The zero-order chi connectivity index (χ0) is 12.7. The highest BCUT2D eigenvalue weighted by atomic mass is 32.2. The van der Waals surface area contributed by atoms with Gasteiger partial charge < -0.3 is 5.32 Å². The lowest BCUT2D eigenvalue weighted by Gasteiger charge is -2.45. The van der Waals surface area contributed by atoms with E-state index in [2.05, 4.69) is 39.3 Å². The van der Waals surface area contributed by atoms with E-state index in [1.807, 2.05) is 11.8 Å². The minimum atomic E-state index is 0.499. The Balaban J connectivity index is 2.09. The van der Waals surface area contributed by atoms with Gasteiger partial charge in [0.05, 0.1) is 0 Å². The number of thioether (sulfide) groups is 1. The second-order valence-electron chi connectivity index (χ2n) is 7.08. The fourth-order valence-electron chi connectivity index (χ4n) is 4.44. The molecule has 2 bridgehead atoms. The number of hydrogen-bond donors (Lipinski definition) is 1. The summed E-state index contributed by atoms with van der Waals surface area (Å²) in [6.45, 7) is 9.82. The van der Waals surface area contributed by atoms with Crippen LogP contribution in [-0.4, -0.2) is 24.1 Å². The second-order valence-corrected chi connectivity index (χ2v) is 7.99. The Kier molecular flexibility index (Phi) is 3.85. The van der Waals surface area contributed by atoms with E-state index in [1.165, 1.54) is 31.4 Å². The Morgan fingerprint density at radius 1 is 1.35 bits per heavy atom. The summed E-state index contributed by atoms with van der Waals surface area (Å²) < 4.78 is 0. The Bertz CT molecular complexity index is 271. The fourth-order valence-corrected chi connectivity index (χ4v) is 5.17. The third-order valence-electron chi connectivity index (χ3n) is 5.53. The largest absolute Gasteiger partial charge is 0.309 e. The van der Waals surface area contributed by atoms with Gasteiger partial charge in [-0.1, -0.05) is 27.7 Å². The standard InChI is InChI=1S/C15H29NS/c1-6-12(10-17-5)16-13-14(2,3)11-7-8-15(13,4)9-11/h11-13,16H,6-10H2,1-5H3. The topological polar surface area (TPSA) is 12.0 Å². The summed E-state index contributed by atoms with van der Waals surface area (Å²) >= 11 is 1.97. The van der Waals surface area contributed by atoms with Crippen molar-refractivity contribution >= 4 is 11.8 Å². The Morgan fingerprint density at radius 3 is 2.53 bits per heavy atom. The van der Waals surface area contributed by atoms with Gasteiger partial charge >= 0.3 is 0 Å². The first-order valence-electron chi connectivity index (χ1n) is 7.19. The van der Waals surface area contributed by atoms with E-state index in [0.717, 1.165) is 12.0 Å². The lowest BCUT2D eigenvalue weighted by atomic mass is 9.68. The van der Waals surface area contributed by atoms with E-state index >= 15 is 0 Å². The first kappa shape index (κ1) is 13.7. The van der Waals surface area contributed by atoms with Crippen LogP contribution in [0.5, 0.6) is 0 Å². The third kappa shape index (κ3) is 2.28. The van der Waals surface area contributed by atoms with Crippen molar-refractivity contribution in [3.05, 3.63) is 0 Å². The first-order valence-corrected chi connectivity index (χ1v) is 8.58. The van der Waals surface area contributed by atoms with E-state index in [4.69, 9.17) is 0 Å². The van der Waals surface area contributed by atoms with Crippen molar-refractivity contribution in [1.82, 2.24) is 5.32 Å². The third-order valence-corrected chi connectivity index (χ3v) is 6.27. The van der Waals surface area contributed by atoms with Gasteiger partial charge in [0.15, 0.2) is 0 Å². The second kappa shape index (κ2) is 4.77. The molecule has 4 unspecified atom stereocenters. The molecule has 4 atom stereocenters. The van der Waals surface area contributed by atoms with Crippen LogP contribution in [0.1, 0.15) is 53.4 Å². The lowest BCUT2D eigenvalue weighted by Crippen LogP contribution is -2.54. The zero-order valence-corrected chi connectivity index (χ0v) is 13.0. The molecule has 0 aromatic carbocycles. The van der Waals surface area contributed by atoms with Crippen molar-refractivity contribution in [2.45, 2.75) is 65.5 Å². The van der Waals surface area contributed by atoms with Gasteiger partial charge in [0.1, 0.15) is 0 Å². The zero-order valence-electron chi connectivity index (χ0n) is 12.2. The SMILES string of the molecule is CCC(CSC)NC1C2(C)CCC(C2)C1(C)C. The molecule has 0 saturated heterocycles. The highest BCUT2D eigenvalue weighted by Crippen LogP contribution is 2.62. The van der Waals surface area contributed by atoms with Crippen LogP contribution < -0.4 is 5.32 Å². The predicted molar refractivity (Wildman–Crippen MR) is 78.6 cm³/mol. The molecule has 0 aromatic heterocycles. The van der Waals surface area contributed by atoms with Crippen LogP contribution in [0, 0.1) is 16.7 Å². The van der Waals surface area contributed by atoms with Crippen molar-refractivity contribution < 1.29 is 0 Å². The van der Waals surface area contributed by atoms with Crippen molar-refractivity contribution in [3.8, 4) is 0 Å². The normalized spacial score (nSPS) is 40.8. The molecular weight excluding hydrogens is 226 g/mol. The van der Waals surface area contributed by atoms with Crippen LogP contribution in [0.15, 0.2) is 0 Å². The summed E-state index contributed by atoms with van der Waals surface area (Å²) in [5, 5.41) is 4.01. The van der Waals surface area contributed by atoms with Crippen LogP contribution >= 0.6 is 11.8 Å². The van der Waals surface area contributed by atoms with Gasteiger partial charge in [0, 0.05) is 17.8 Å². The number of nitrogens with one attached hydrogen (secondary N) is 1. The number of fused-ring (bicyclic) bond motifs is 2. The Hall–Kier alpha value is 0.310. The van der Waals surface area contributed by atoms with Crippen LogP contribution in [0.3, 0.4) is 0 Å². The van der Waals surface area contributed by atoms with Gasteiger partial charge in [-0.2, -0.15) is 11.8 Å². The van der Waals surface area contributed by atoms with Crippen LogP contribution in [0.25, 0.3) is 0 Å². The van der Waals surface area contributed by atoms with Gasteiger partial charge in [-0.15, -0.1) is 0 Å². The fraction of sp³-hybridized carbons (Fsp3) is 1.00. The molecule has 2 saturated carbocycles. The summed E-state index contributed by atoms with van der Waals surface area (Å²) in [5.41, 5.74) is 1.07. The Labute approximate surface area is 112 Å². The van der Waals surface area contributed by atoms with Gasteiger partial charge in [-0.3, -0.25) is 0 Å². The van der Waals surface area contributed by atoms with E-state index < -0.39 is 0 Å². The van der Waals surface area contributed by atoms with E-state index in [1.54, 1.807) is 0 Å². The highest BCUT2D eigenvalue weighted by Gasteiger charge is 2.59.